The fraction of sp³-hybridized carbons (Fsp3) is 0.167. The van der Waals surface area contributed by atoms with Crippen molar-refractivity contribution >= 4 is 23.2 Å². The van der Waals surface area contributed by atoms with Crippen molar-refractivity contribution in [1.29, 1.82) is 0 Å². The van der Waals surface area contributed by atoms with Gasteiger partial charge in [0.15, 0.2) is 5.75 Å². The molecule has 0 aromatic heterocycles. The predicted molar refractivity (Wildman–Crippen MR) is 115 cm³/mol. The fourth-order valence-corrected chi connectivity index (χ4v) is 2.53. The second-order valence-corrected chi connectivity index (χ2v) is 7.65. The molecule has 0 heterocycles. The van der Waals surface area contributed by atoms with Crippen LogP contribution < -0.4 is 15.4 Å². The standard InChI is InChI=1S/C24H24N2O3/c1-24(2,3)23(28)25-18-11-9-10-17(16-18)22(27)26-20-14-7-8-15-21(20)29-19-12-5-4-6-13-19/h4-16H,1-3H3,(H,25,28)(H,26,27). The van der Waals surface area contributed by atoms with Crippen molar-refractivity contribution in [3.05, 3.63) is 84.4 Å². The van der Waals surface area contributed by atoms with E-state index in [1.54, 1.807) is 36.4 Å². The normalized spacial score (nSPS) is 10.9. The molecule has 3 aromatic rings. The second-order valence-electron chi connectivity index (χ2n) is 7.65. The molecule has 5 heteroatoms. The van der Waals surface area contributed by atoms with Crippen molar-refractivity contribution in [1.82, 2.24) is 0 Å². The van der Waals surface area contributed by atoms with Crippen molar-refractivity contribution in [2.75, 3.05) is 10.6 Å². The molecule has 2 N–H and O–H groups in total. The molecule has 3 rings (SSSR count). The van der Waals surface area contributed by atoms with E-state index in [9.17, 15) is 9.59 Å². The number of rotatable bonds is 5. The van der Waals surface area contributed by atoms with Crippen molar-refractivity contribution in [3.8, 4) is 11.5 Å². The van der Waals surface area contributed by atoms with E-state index in [0.717, 1.165) is 0 Å². The number of hydrogen-bond donors (Lipinski definition) is 2. The first-order valence-electron chi connectivity index (χ1n) is 9.38. The van der Waals surface area contributed by atoms with Crippen LogP contribution in [0, 0.1) is 5.41 Å². The quantitative estimate of drug-likeness (QED) is 0.588. The molecular weight excluding hydrogens is 364 g/mol. The van der Waals surface area contributed by atoms with Gasteiger partial charge in [-0.1, -0.05) is 57.2 Å². The average molecular weight is 388 g/mol. The van der Waals surface area contributed by atoms with Gasteiger partial charge in [0, 0.05) is 16.7 Å². The van der Waals surface area contributed by atoms with Crippen molar-refractivity contribution in [3.63, 3.8) is 0 Å². The minimum absolute atomic E-state index is 0.114. The van der Waals surface area contributed by atoms with Gasteiger partial charge in [-0.15, -0.1) is 0 Å². The molecule has 0 aliphatic carbocycles. The lowest BCUT2D eigenvalue weighted by atomic mass is 9.95. The lowest BCUT2D eigenvalue weighted by Crippen LogP contribution is -2.27. The highest BCUT2D eigenvalue weighted by Gasteiger charge is 2.21. The van der Waals surface area contributed by atoms with Gasteiger partial charge in [0.1, 0.15) is 5.75 Å². The summed E-state index contributed by atoms with van der Waals surface area (Å²) >= 11 is 0. The van der Waals surface area contributed by atoms with Crippen LogP contribution >= 0.6 is 0 Å². The molecule has 5 nitrogen and oxygen atoms in total. The third-order valence-electron chi connectivity index (χ3n) is 4.17. The monoisotopic (exact) mass is 388 g/mol. The van der Waals surface area contributed by atoms with E-state index in [-0.39, 0.29) is 11.8 Å². The smallest absolute Gasteiger partial charge is 0.255 e. The van der Waals surface area contributed by atoms with Gasteiger partial charge < -0.3 is 15.4 Å². The minimum atomic E-state index is -0.522. The summed E-state index contributed by atoms with van der Waals surface area (Å²) in [5.41, 5.74) is 1.05. The summed E-state index contributed by atoms with van der Waals surface area (Å²) in [5.74, 6) is 0.822. The molecule has 0 aliphatic rings. The second kappa shape index (κ2) is 8.61. The maximum Gasteiger partial charge on any atom is 0.255 e. The summed E-state index contributed by atoms with van der Waals surface area (Å²) < 4.78 is 5.89. The van der Waals surface area contributed by atoms with Crippen LogP contribution in [0.4, 0.5) is 11.4 Å². The Hall–Kier alpha value is -3.60. The van der Waals surface area contributed by atoms with Crippen molar-refractivity contribution < 1.29 is 14.3 Å². The molecule has 0 saturated heterocycles. The van der Waals surface area contributed by atoms with Crippen LogP contribution in [0.1, 0.15) is 31.1 Å². The zero-order valence-electron chi connectivity index (χ0n) is 16.7. The van der Waals surface area contributed by atoms with E-state index in [0.29, 0.717) is 28.4 Å². The molecule has 0 aliphatic heterocycles. The average Bonchev–Trinajstić information content (AvgIpc) is 2.70. The number of para-hydroxylation sites is 3. The molecule has 0 radical (unpaired) electrons. The van der Waals surface area contributed by atoms with E-state index >= 15 is 0 Å². The lowest BCUT2D eigenvalue weighted by Gasteiger charge is -2.18. The van der Waals surface area contributed by atoms with Crippen molar-refractivity contribution in [2.45, 2.75) is 20.8 Å². The molecule has 0 unspecified atom stereocenters. The van der Waals surface area contributed by atoms with Crippen LogP contribution in [0.3, 0.4) is 0 Å². The Balaban J connectivity index is 1.76. The predicted octanol–water partition coefficient (Wildman–Crippen LogP) is 5.72. The highest BCUT2D eigenvalue weighted by molar-refractivity contribution is 6.06. The number of amides is 2. The molecular formula is C24H24N2O3. The first-order chi connectivity index (χ1) is 13.8. The summed E-state index contributed by atoms with van der Waals surface area (Å²) in [6, 6.07) is 23.5. The number of nitrogens with one attached hydrogen (secondary N) is 2. The molecule has 3 aromatic carbocycles. The first kappa shape index (κ1) is 20.1. The summed E-state index contributed by atoms with van der Waals surface area (Å²) in [5, 5.41) is 5.72. The van der Waals surface area contributed by atoms with E-state index in [1.807, 2.05) is 63.2 Å². The van der Waals surface area contributed by atoms with Gasteiger partial charge in [-0.25, -0.2) is 0 Å². The Morgan fingerprint density at radius 3 is 2.21 bits per heavy atom. The maximum absolute atomic E-state index is 12.8. The highest BCUT2D eigenvalue weighted by atomic mass is 16.5. The van der Waals surface area contributed by atoms with Crippen LogP contribution in [-0.4, -0.2) is 11.8 Å². The number of carbonyl (C=O) groups excluding carboxylic acids is 2. The van der Waals surface area contributed by atoms with Gasteiger partial charge in [-0.2, -0.15) is 0 Å². The molecule has 0 fully saturated rings. The zero-order chi connectivity index (χ0) is 20.9. The molecule has 0 bridgehead atoms. The lowest BCUT2D eigenvalue weighted by molar-refractivity contribution is -0.123. The van der Waals surface area contributed by atoms with E-state index in [2.05, 4.69) is 10.6 Å². The molecule has 0 atom stereocenters. The van der Waals surface area contributed by atoms with Crippen molar-refractivity contribution in [2.24, 2.45) is 5.41 Å². The molecule has 0 saturated carbocycles. The molecule has 0 spiro atoms. The maximum atomic E-state index is 12.8. The molecule has 29 heavy (non-hydrogen) atoms. The highest BCUT2D eigenvalue weighted by Crippen LogP contribution is 2.29. The Morgan fingerprint density at radius 1 is 0.793 bits per heavy atom. The van der Waals surface area contributed by atoms with E-state index < -0.39 is 5.41 Å². The third-order valence-corrected chi connectivity index (χ3v) is 4.17. The Morgan fingerprint density at radius 2 is 1.48 bits per heavy atom. The van der Waals surface area contributed by atoms with E-state index in [1.165, 1.54) is 0 Å². The van der Waals surface area contributed by atoms with Gasteiger partial charge in [-0.3, -0.25) is 9.59 Å². The van der Waals surface area contributed by atoms with Gasteiger partial charge in [0.2, 0.25) is 5.91 Å². The van der Waals surface area contributed by atoms with E-state index in [4.69, 9.17) is 4.74 Å². The number of carbonyl (C=O) groups is 2. The van der Waals surface area contributed by atoms with Gasteiger partial charge in [0.05, 0.1) is 5.69 Å². The number of benzene rings is 3. The molecule has 2 amide bonds. The summed E-state index contributed by atoms with van der Waals surface area (Å²) in [7, 11) is 0. The van der Waals surface area contributed by atoms with Crippen LogP contribution in [0.5, 0.6) is 11.5 Å². The Labute approximate surface area is 170 Å². The number of hydrogen-bond acceptors (Lipinski definition) is 3. The van der Waals surface area contributed by atoms with Gasteiger partial charge in [-0.05, 0) is 42.5 Å². The molecule has 148 valence electrons. The zero-order valence-corrected chi connectivity index (χ0v) is 16.7. The number of anilines is 2. The largest absolute Gasteiger partial charge is 0.455 e. The van der Waals surface area contributed by atoms with Crippen LogP contribution in [-0.2, 0) is 4.79 Å². The van der Waals surface area contributed by atoms with Crippen LogP contribution in [0.15, 0.2) is 78.9 Å². The first-order valence-corrected chi connectivity index (χ1v) is 9.38. The summed E-state index contributed by atoms with van der Waals surface area (Å²) in [4.78, 5) is 25.0. The topological polar surface area (TPSA) is 67.4 Å². The third kappa shape index (κ3) is 5.45. The van der Waals surface area contributed by atoms with Crippen LogP contribution in [0.2, 0.25) is 0 Å². The van der Waals surface area contributed by atoms with Gasteiger partial charge in [0.25, 0.3) is 5.91 Å². The summed E-state index contributed by atoms with van der Waals surface area (Å²) in [6.45, 7) is 5.51. The van der Waals surface area contributed by atoms with Gasteiger partial charge >= 0.3 is 0 Å². The van der Waals surface area contributed by atoms with Crippen LogP contribution in [0.25, 0.3) is 0 Å². The minimum Gasteiger partial charge on any atom is -0.455 e. The Bertz CT molecular complexity index is 1010. The SMILES string of the molecule is CC(C)(C)C(=O)Nc1cccc(C(=O)Nc2ccccc2Oc2ccccc2)c1. The number of ether oxygens (including phenoxy) is 1. The summed E-state index contributed by atoms with van der Waals surface area (Å²) in [6.07, 6.45) is 0. The Kier molecular flexibility index (Phi) is 5.98. The fourth-order valence-electron chi connectivity index (χ4n) is 2.53.